The molecule has 1 aliphatic carbocycles. The van der Waals surface area contributed by atoms with Gasteiger partial charge in [-0.05, 0) is 56.1 Å². The van der Waals surface area contributed by atoms with Gasteiger partial charge in [-0.15, -0.1) is 0 Å². The summed E-state index contributed by atoms with van der Waals surface area (Å²) in [7, 11) is 1.75. The summed E-state index contributed by atoms with van der Waals surface area (Å²) in [4.78, 5) is 0. The molecule has 1 aromatic rings. The fourth-order valence-electron chi connectivity index (χ4n) is 3.36. The molecule has 0 saturated heterocycles. The highest BCUT2D eigenvalue weighted by Crippen LogP contribution is 2.29. The minimum absolute atomic E-state index is 0.497. The topological polar surface area (TPSA) is 21.3 Å². The number of nitrogens with one attached hydrogen (secondary N) is 1. The summed E-state index contributed by atoms with van der Waals surface area (Å²) in [5, 5.41) is 3.81. The molecular weight excluding hydrogens is 246 g/mol. The molecule has 0 amide bonds. The summed E-state index contributed by atoms with van der Waals surface area (Å²) in [5.41, 5.74) is 1.30. The van der Waals surface area contributed by atoms with Gasteiger partial charge in [0.05, 0.1) is 7.11 Å². The van der Waals surface area contributed by atoms with Crippen LogP contribution in [0.4, 0.5) is 0 Å². The predicted molar refractivity (Wildman–Crippen MR) is 85.3 cm³/mol. The van der Waals surface area contributed by atoms with Gasteiger partial charge >= 0.3 is 0 Å². The van der Waals surface area contributed by atoms with Crippen molar-refractivity contribution in [2.45, 2.75) is 58.5 Å². The van der Waals surface area contributed by atoms with Crippen molar-refractivity contribution >= 4 is 0 Å². The molecule has 4 atom stereocenters. The van der Waals surface area contributed by atoms with Gasteiger partial charge in [-0.2, -0.15) is 0 Å². The van der Waals surface area contributed by atoms with Crippen molar-refractivity contribution < 1.29 is 4.74 Å². The second-order valence-corrected chi connectivity index (χ2v) is 6.55. The SMILES string of the molecule is COc1ccccc1CC(C)NC1CCC(C)C(C)C1. The Labute approximate surface area is 123 Å². The maximum absolute atomic E-state index is 5.44. The van der Waals surface area contributed by atoms with E-state index in [1.165, 1.54) is 24.8 Å². The number of methoxy groups -OCH3 is 1. The molecule has 4 unspecified atom stereocenters. The van der Waals surface area contributed by atoms with E-state index in [1.54, 1.807) is 7.11 Å². The van der Waals surface area contributed by atoms with Crippen molar-refractivity contribution in [3.05, 3.63) is 29.8 Å². The van der Waals surface area contributed by atoms with Crippen LogP contribution in [0.2, 0.25) is 0 Å². The van der Waals surface area contributed by atoms with Crippen molar-refractivity contribution in [2.24, 2.45) is 11.8 Å². The molecule has 0 aliphatic heterocycles. The van der Waals surface area contributed by atoms with Crippen LogP contribution in [0.1, 0.15) is 45.6 Å². The lowest BCUT2D eigenvalue weighted by Crippen LogP contribution is -2.41. The predicted octanol–water partition coefficient (Wildman–Crippen LogP) is 4.04. The molecule has 2 heteroatoms. The first-order chi connectivity index (χ1) is 9.60. The molecule has 1 aromatic carbocycles. The van der Waals surface area contributed by atoms with Gasteiger partial charge in [-0.1, -0.05) is 32.0 Å². The average Bonchev–Trinajstić information content (AvgIpc) is 2.43. The zero-order valence-corrected chi connectivity index (χ0v) is 13.4. The van der Waals surface area contributed by atoms with Crippen LogP contribution in [-0.2, 0) is 6.42 Å². The molecule has 0 radical (unpaired) electrons. The van der Waals surface area contributed by atoms with Crippen molar-refractivity contribution in [1.82, 2.24) is 5.32 Å². The van der Waals surface area contributed by atoms with Crippen molar-refractivity contribution in [2.75, 3.05) is 7.11 Å². The van der Waals surface area contributed by atoms with Crippen LogP contribution in [0.3, 0.4) is 0 Å². The van der Waals surface area contributed by atoms with E-state index in [4.69, 9.17) is 4.74 Å². The van der Waals surface area contributed by atoms with Gasteiger partial charge in [-0.25, -0.2) is 0 Å². The van der Waals surface area contributed by atoms with Gasteiger partial charge in [0.25, 0.3) is 0 Å². The maximum Gasteiger partial charge on any atom is 0.122 e. The van der Waals surface area contributed by atoms with Gasteiger partial charge in [0.2, 0.25) is 0 Å². The normalized spacial score (nSPS) is 28.1. The summed E-state index contributed by atoms with van der Waals surface area (Å²) in [6.45, 7) is 7.07. The molecule has 112 valence electrons. The van der Waals surface area contributed by atoms with Crippen molar-refractivity contribution in [3.63, 3.8) is 0 Å². The van der Waals surface area contributed by atoms with Crippen LogP contribution in [0, 0.1) is 11.8 Å². The van der Waals surface area contributed by atoms with E-state index in [1.807, 2.05) is 12.1 Å². The first kappa shape index (κ1) is 15.4. The highest BCUT2D eigenvalue weighted by Gasteiger charge is 2.25. The fourth-order valence-corrected chi connectivity index (χ4v) is 3.36. The van der Waals surface area contributed by atoms with Gasteiger partial charge in [-0.3, -0.25) is 0 Å². The lowest BCUT2D eigenvalue weighted by atomic mass is 9.79. The van der Waals surface area contributed by atoms with Gasteiger partial charge in [0.15, 0.2) is 0 Å². The molecule has 0 bridgehead atoms. The molecule has 1 aliphatic rings. The molecule has 1 N–H and O–H groups in total. The number of benzene rings is 1. The highest BCUT2D eigenvalue weighted by molar-refractivity contribution is 5.33. The minimum Gasteiger partial charge on any atom is -0.496 e. The Morgan fingerprint density at radius 3 is 2.65 bits per heavy atom. The van der Waals surface area contributed by atoms with Gasteiger partial charge in [0, 0.05) is 12.1 Å². The van der Waals surface area contributed by atoms with E-state index in [9.17, 15) is 0 Å². The molecule has 1 fully saturated rings. The number of hydrogen-bond donors (Lipinski definition) is 1. The van der Waals surface area contributed by atoms with Crippen LogP contribution in [0.5, 0.6) is 5.75 Å². The molecule has 0 spiro atoms. The lowest BCUT2D eigenvalue weighted by Gasteiger charge is -2.34. The number of hydrogen-bond acceptors (Lipinski definition) is 2. The second-order valence-electron chi connectivity index (χ2n) is 6.55. The number of ether oxygens (including phenoxy) is 1. The maximum atomic E-state index is 5.44. The van der Waals surface area contributed by atoms with E-state index in [0.717, 1.165) is 24.0 Å². The minimum atomic E-state index is 0.497. The fraction of sp³-hybridized carbons (Fsp3) is 0.667. The first-order valence-electron chi connectivity index (χ1n) is 7.98. The van der Waals surface area contributed by atoms with E-state index in [2.05, 4.69) is 38.2 Å². The Morgan fingerprint density at radius 2 is 1.95 bits per heavy atom. The third kappa shape index (κ3) is 3.99. The average molecular weight is 275 g/mol. The Balaban J connectivity index is 1.87. The zero-order valence-electron chi connectivity index (χ0n) is 13.4. The summed E-state index contributed by atoms with van der Waals surface area (Å²) in [6, 6.07) is 9.52. The van der Waals surface area contributed by atoms with E-state index >= 15 is 0 Å². The number of para-hydroxylation sites is 1. The third-order valence-corrected chi connectivity index (χ3v) is 4.84. The van der Waals surface area contributed by atoms with E-state index < -0.39 is 0 Å². The quantitative estimate of drug-likeness (QED) is 0.875. The Hall–Kier alpha value is -1.02. The molecule has 0 heterocycles. The lowest BCUT2D eigenvalue weighted by molar-refractivity contribution is 0.216. The Kier molecular flexibility index (Phi) is 5.47. The number of rotatable bonds is 5. The third-order valence-electron chi connectivity index (χ3n) is 4.84. The van der Waals surface area contributed by atoms with Crippen LogP contribution in [0.25, 0.3) is 0 Å². The van der Waals surface area contributed by atoms with E-state index in [-0.39, 0.29) is 0 Å². The van der Waals surface area contributed by atoms with Crippen LogP contribution >= 0.6 is 0 Å². The van der Waals surface area contributed by atoms with Gasteiger partial charge in [0.1, 0.15) is 5.75 Å². The van der Waals surface area contributed by atoms with Crippen molar-refractivity contribution in [1.29, 1.82) is 0 Å². The van der Waals surface area contributed by atoms with E-state index in [0.29, 0.717) is 12.1 Å². The van der Waals surface area contributed by atoms with Crippen LogP contribution in [-0.4, -0.2) is 19.2 Å². The highest BCUT2D eigenvalue weighted by atomic mass is 16.5. The molecule has 1 saturated carbocycles. The monoisotopic (exact) mass is 275 g/mol. The Morgan fingerprint density at radius 1 is 1.20 bits per heavy atom. The molecule has 2 nitrogen and oxygen atoms in total. The smallest absolute Gasteiger partial charge is 0.122 e. The standard InChI is InChI=1S/C18H29NO/c1-13-9-10-17(11-14(13)2)19-15(3)12-16-7-5-6-8-18(16)20-4/h5-8,13-15,17,19H,9-12H2,1-4H3. The summed E-state index contributed by atoms with van der Waals surface area (Å²) >= 11 is 0. The first-order valence-corrected chi connectivity index (χ1v) is 7.98. The molecule has 2 rings (SSSR count). The summed E-state index contributed by atoms with van der Waals surface area (Å²) in [5.74, 6) is 2.74. The van der Waals surface area contributed by atoms with Crippen molar-refractivity contribution in [3.8, 4) is 5.75 Å². The largest absolute Gasteiger partial charge is 0.496 e. The molecule has 20 heavy (non-hydrogen) atoms. The van der Waals surface area contributed by atoms with Crippen LogP contribution in [0.15, 0.2) is 24.3 Å². The zero-order chi connectivity index (χ0) is 14.5. The molecule has 0 aromatic heterocycles. The Bertz CT molecular complexity index is 418. The van der Waals surface area contributed by atoms with Gasteiger partial charge < -0.3 is 10.1 Å². The second kappa shape index (κ2) is 7.12. The summed E-state index contributed by atoms with van der Waals surface area (Å²) < 4.78 is 5.44. The van der Waals surface area contributed by atoms with Crippen LogP contribution < -0.4 is 10.1 Å². The molecular formula is C18H29NO. The summed E-state index contributed by atoms with van der Waals surface area (Å²) in [6.07, 6.45) is 5.03.